The van der Waals surface area contributed by atoms with E-state index in [1.807, 2.05) is 50.3 Å². The van der Waals surface area contributed by atoms with Crippen molar-refractivity contribution in [3.05, 3.63) is 59.7 Å². The van der Waals surface area contributed by atoms with Gasteiger partial charge in [0.25, 0.3) is 0 Å². The Labute approximate surface area is 122 Å². The summed E-state index contributed by atoms with van der Waals surface area (Å²) in [5, 5.41) is 0. The van der Waals surface area contributed by atoms with E-state index in [1.165, 1.54) is 5.57 Å². The highest BCUT2D eigenvalue weighted by Gasteiger charge is 2.08. The molecule has 0 heterocycles. The van der Waals surface area contributed by atoms with E-state index in [4.69, 9.17) is 4.74 Å². The summed E-state index contributed by atoms with van der Waals surface area (Å²) in [6.07, 6.45) is 8.41. The second-order valence-electron chi connectivity index (χ2n) is 4.98. The van der Waals surface area contributed by atoms with E-state index in [0.29, 0.717) is 6.42 Å². The zero-order chi connectivity index (χ0) is 14.8. The lowest BCUT2D eigenvalue weighted by Gasteiger charge is -2.11. The Balaban J connectivity index is 2.39. The molecule has 20 heavy (non-hydrogen) atoms. The summed E-state index contributed by atoms with van der Waals surface area (Å²) in [4.78, 5) is 11.8. The summed E-state index contributed by atoms with van der Waals surface area (Å²) in [5.74, 6) is -0.179. The van der Waals surface area contributed by atoms with Crippen molar-refractivity contribution in [3.8, 4) is 0 Å². The zero-order valence-electron chi connectivity index (χ0n) is 12.6. The number of hydrogen-bond acceptors (Lipinski definition) is 2. The fourth-order valence-corrected chi connectivity index (χ4v) is 2.01. The van der Waals surface area contributed by atoms with Crippen molar-refractivity contribution < 1.29 is 9.53 Å². The van der Waals surface area contributed by atoms with Crippen LogP contribution in [-0.2, 0) is 16.0 Å². The Morgan fingerprint density at radius 1 is 1.30 bits per heavy atom. The molecule has 1 unspecified atom stereocenters. The minimum absolute atomic E-state index is 0.170. The van der Waals surface area contributed by atoms with Crippen LogP contribution in [0, 0.1) is 0 Å². The van der Waals surface area contributed by atoms with E-state index in [9.17, 15) is 4.79 Å². The van der Waals surface area contributed by atoms with Crippen molar-refractivity contribution in [2.75, 3.05) is 0 Å². The average Bonchev–Trinajstić information content (AvgIpc) is 2.39. The summed E-state index contributed by atoms with van der Waals surface area (Å²) in [5.41, 5.74) is 2.24. The van der Waals surface area contributed by atoms with Crippen molar-refractivity contribution in [1.29, 1.82) is 0 Å². The Bertz CT molecular complexity index is 458. The second-order valence-corrected chi connectivity index (χ2v) is 4.98. The molecule has 108 valence electrons. The third-order valence-corrected chi connectivity index (χ3v) is 2.97. The Morgan fingerprint density at radius 3 is 2.65 bits per heavy atom. The van der Waals surface area contributed by atoms with Crippen LogP contribution in [0.4, 0.5) is 0 Å². The van der Waals surface area contributed by atoms with Crippen LogP contribution in [-0.4, -0.2) is 12.1 Å². The molecular formula is C18H24O2. The highest BCUT2D eigenvalue weighted by molar-refractivity contribution is 5.72. The molecule has 0 saturated heterocycles. The molecule has 0 bridgehead atoms. The summed E-state index contributed by atoms with van der Waals surface area (Å²) in [6.45, 7) is 6.00. The number of carbonyl (C=O) groups is 1. The van der Waals surface area contributed by atoms with E-state index in [-0.39, 0.29) is 12.1 Å². The first kappa shape index (κ1) is 16.2. The first-order chi connectivity index (χ1) is 9.61. The minimum Gasteiger partial charge on any atom is -0.458 e. The molecule has 0 saturated carbocycles. The fourth-order valence-electron chi connectivity index (χ4n) is 2.01. The van der Waals surface area contributed by atoms with Gasteiger partial charge in [0.1, 0.15) is 6.10 Å². The van der Waals surface area contributed by atoms with E-state index in [0.717, 1.165) is 18.4 Å². The van der Waals surface area contributed by atoms with Crippen molar-refractivity contribution in [2.24, 2.45) is 0 Å². The first-order valence-corrected chi connectivity index (χ1v) is 7.13. The summed E-state index contributed by atoms with van der Waals surface area (Å²) >= 11 is 0. The van der Waals surface area contributed by atoms with Gasteiger partial charge in [0, 0.05) is 0 Å². The second kappa shape index (κ2) is 9.13. The van der Waals surface area contributed by atoms with Crippen LogP contribution in [0.25, 0.3) is 0 Å². The number of esters is 1. The number of allylic oxidation sites excluding steroid dienone is 3. The molecule has 0 aromatic heterocycles. The lowest BCUT2D eigenvalue weighted by molar-refractivity contribution is -0.145. The number of hydrogen-bond donors (Lipinski definition) is 0. The maximum absolute atomic E-state index is 11.8. The molecule has 0 aliphatic heterocycles. The maximum atomic E-state index is 11.8. The number of rotatable bonds is 7. The predicted octanol–water partition coefficient (Wildman–Crippen LogP) is 4.46. The van der Waals surface area contributed by atoms with Gasteiger partial charge in [0.2, 0.25) is 0 Å². The summed E-state index contributed by atoms with van der Waals surface area (Å²) < 4.78 is 5.40. The van der Waals surface area contributed by atoms with Crippen LogP contribution in [0.15, 0.2) is 54.1 Å². The molecule has 1 rings (SSSR count). The molecular weight excluding hydrogens is 248 g/mol. The van der Waals surface area contributed by atoms with Gasteiger partial charge in [-0.2, -0.15) is 0 Å². The van der Waals surface area contributed by atoms with Gasteiger partial charge in [-0.15, -0.1) is 0 Å². The normalized spacial score (nSPS) is 13.4. The average molecular weight is 272 g/mol. The van der Waals surface area contributed by atoms with Crippen molar-refractivity contribution >= 4 is 5.97 Å². The van der Waals surface area contributed by atoms with Gasteiger partial charge in [-0.25, -0.2) is 0 Å². The molecule has 0 fully saturated rings. The van der Waals surface area contributed by atoms with Gasteiger partial charge in [0.15, 0.2) is 0 Å². The molecule has 0 spiro atoms. The maximum Gasteiger partial charge on any atom is 0.310 e. The van der Waals surface area contributed by atoms with Gasteiger partial charge in [-0.1, -0.05) is 48.1 Å². The lowest BCUT2D eigenvalue weighted by Crippen LogP contribution is -2.15. The molecule has 1 aromatic carbocycles. The van der Waals surface area contributed by atoms with Crippen LogP contribution < -0.4 is 0 Å². The SMILES string of the molecule is C/C=C/CC/C(C)=C/C(C)OC(=O)Cc1ccccc1. The molecule has 0 N–H and O–H groups in total. The van der Waals surface area contributed by atoms with Crippen LogP contribution >= 0.6 is 0 Å². The standard InChI is InChI=1S/C18H24O2/c1-4-5-7-10-15(2)13-16(3)20-18(19)14-17-11-8-6-9-12-17/h4-6,8-9,11-13,16H,7,10,14H2,1-3H3/b5-4+,15-13+. The molecule has 2 nitrogen and oxygen atoms in total. The van der Waals surface area contributed by atoms with Gasteiger partial charge >= 0.3 is 5.97 Å². The number of benzene rings is 1. The van der Waals surface area contributed by atoms with E-state index < -0.39 is 0 Å². The van der Waals surface area contributed by atoms with E-state index >= 15 is 0 Å². The number of carbonyl (C=O) groups excluding carboxylic acids is 1. The molecule has 0 aliphatic carbocycles. The number of ether oxygens (including phenoxy) is 1. The molecule has 2 heteroatoms. The van der Waals surface area contributed by atoms with Crippen LogP contribution in [0.3, 0.4) is 0 Å². The van der Waals surface area contributed by atoms with Gasteiger partial charge < -0.3 is 4.74 Å². The summed E-state index contributed by atoms with van der Waals surface area (Å²) in [7, 11) is 0. The smallest absolute Gasteiger partial charge is 0.310 e. The van der Waals surface area contributed by atoms with Crippen molar-refractivity contribution in [3.63, 3.8) is 0 Å². The van der Waals surface area contributed by atoms with Crippen LogP contribution in [0.1, 0.15) is 39.2 Å². The summed E-state index contributed by atoms with van der Waals surface area (Å²) in [6, 6.07) is 9.66. The van der Waals surface area contributed by atoms with Crippen LogP contribution in [0.2, 0.25) is 0 Å². The molecule has 0 radical (unpaired) electrons. The Hall–Kier alpha value is -1.83. The van der Waals surface area contributed by atoms with Gasteiger partial charge in [0.05, 0.1) is 6.42 Å². The zero-order valence-corrected chi connectivity index (χ0v) is 12.6. The van der Waals surface area contributed by atoms with Gasteiger partial charge in [-0.05, 0) is 45.3 Å². The highest BCUT2D eigenvalue weighted by atomic mass is 16.5. The van der Waals surface area contributed by atoms with Crippen LogP contribution in [0.5, 0.6) is 0 Å². The molecule has 1 atom stereocenters. The third-order valence-electron chi connectivity index (χ3n) is 2.97. The highest BCUT2D eigenvalue weighted by Crippen LogP contribution is 2.09. The topological polar surface area (TPSA) is 26.3 Å². The lowest BCUT2D eigenvalue weighted by atomic mass is 10.1. The fraction of sp³-hybridized carbons (Fsp3) is 0.389. The molecule has 0 amide bonds. The monoisotopic (exact) mass is 272 g/mol. The molecule has 1 aromatic rings. The Kier molecular flexibility index (Phi) is 7.41. The predicted molar refractivity (Wildman–Crippen MR) is 83.5 cm³/mol. The van der Waals surface area contributed by atoms with Crippen molar-refractivity contribution in [2.45, 2.75) is 46.1 Å². The van der Waals surface area contributed by atoms with E-state index in [2.05, 4.69) is 19.1 Å². The Morgan fingerprint density at radius 2 is 2.00 bits per heavy atom. The van der Waals surface area contributed by atoms with E-state index in [1.54, 1.807) is 0 Å². The quantitative estimate of drug-likeness (QED) is 0.541. The first-order valence-electron chi connectivity index (χ1n) is 7.13. The molecule has 0 aliphatic rings. The van der Waals surface area contributed by atoms with Gasteiger partial charge in [-0.3, -0.25) is 4.79 Å². The largest absolute Gasteiger partial charge is 0.458 e. The minimum atomic E-state index is -0.179. The van der Waals surface area contributed by atoms with Crippen molar-refractivity contribution in [1.82, 2.24) is 0 Å². The third kappa shape index (κ3) is 6.93.